The van der Waals surface area contributed by atoms with Crippen molar-refractivity contribution in [2.75, 3.05) is 5.32 Å². The lowest BCUT2D eigenvalue weighted by molar-refractivity contribution is 0.0992. The summed E-state index contributed by atoms with van der Waals surface area (Å²) in [5, 5.41) is 7.13. The number of amides is 2. The molecule has 144 valence electrons. The average Bonchev–Trinajstić information content (AvgIpc) is 3.03. The number of rotatable bonds is 6. The first kappa shape index (κ1) is 19.4. The molecule has 0 unspecified atom stereocenters. The number of benzene rings is 2. The fraction of sp³-hybridized carbons (Fsp3) is 0.150. The number of carbonyl (C=O) groups excluding carboxylic acids is 2. The van der Waals surface area contributed by atoms with Crippen molar-refractivity contribution in [3.63, 3.8) is 0 Å². The van der Waals surface area contributed by atoms with E-state index in [1.54, 1.807) is 31.3 Å². The third-order valence-corrected chi connectivity index (χ3v) is 4.40. The van der Waals surface area contributed by atoms with Gasteiger partial charge in [0.1, 0.15) is 18.1 Å². The van der Waals surface area contributed by atoms with Gasteiger partial charge in [-0.15, -0.1) is 0 Å². The summed E-state index contributed by atoms with van der Waals surface area (Å²) in [7, 11) is 1.57. The van der Waals surface area contributed by atoms with Gasteiger partial charge in [0.15, 0.2) is 0 Å². The van der Waals surface area contributed by atoms with Gasteiger partial charge < -0.3 is 15.8 Å². The number of aryl methyl sites for hydroxylation is 2. The highest BCUT2D eigenvalue weighted by molar-refractivity contribution is 6.32. The normalized spacial score (nSPS) is 10.5. The lowest BCUT2D eigenvalue weighted by Gasteiger charge is -2.10. The van der Waals surface area contributed by atoms with Crippen molar-refractivity contribution in [3.05, 3.63) is 76.1 Å². The Kier molecular flexibility index (Phi) is 5.65. The second-order valence-corrected chi connectivity index (χ2v) is 6.68. The van der Waals surface area contributed by atoms with E-state index in [9.17, 15) is 9.59 Å². The Labute approximate surface area is 167 Å². The quantitative estimate of drug-likeness (QED) is 0.665. The number of nitrogens with zero attached hydrogens (tertiary/aromatic N) is 2. The molecule has 2 aromatic carbocycles. The molecule has 3 N–H and O–H groups in total. The van der Waals surface area contributed by atoms with Crippen LogP contribution in [-0.4, -0.2) is 21.6 Å². The maximum Gasteiger partial charge on any atom is 0.269 e. The van der Waals surface area contributed by atoms with Crippen molar-refractivity contribution in [1.82, 2.24) is 9.78 Å². The lowest BCUT2D eigenvalue weighted by atomic mass is 10.1. The van der Waals surface area contributed by atoms with Crippen LogP contribution in [0.5, 0.6) is 5.75 Å². The van der Waals surface area contributed by atoms with E-state index < -0.39 is 5.91 Å². The third-order valence-electron chi connectivity index (χ3n) is 4.09. The summed E-state index contributed by atoms with van der Waals surface area (Å²) in [5.74, 6) is -0.476. The predicted octanol–water partition coefficient (Wildman–Crippen LogP) is 3.31. The first-order valence-electron chi connectivity index (χ1n) is 8.46. The minimum absolute atomic E-state index is 0.127. The molecule has 0 saturated carbocycles. The van der Waals surface area contributed by atoms with Crippen LogP contribution < -0.4 is 15.8 Å². The van der Waals surface area contributed by atoms with E-state index >= 15 is 0 Å². The number of primary amides is 1. The van der Waals surface area contributed by atoms with Gasteiger partial charge >= 0.3 is 0 Å². The number of ether oxygens (including phenoxy) is 1. The molecule has 3 rings (SSSR count). The van der Waals surface area contributed by atoms with E-state index in [0.29, 0.717) is 16.3 Å². The maximum absolute atomic E-state index is 12.6. The number of hydrogen-bond acceptors (Lipinski definition) is 4. The third kappa shape index (κ3) is 4.32. The molecule has 0 aliphatic heterocycles. The van der Waals surface area contributed by atoms with E-state index in [4.69, 9.17) is 22.1 Å². The molecule has 0 radical (unpaired) electrons. The summed E-state index contributed by atoms with van der Waals surface area (Å²) < 4.78 is 7.09. The highest BCUT2D eigenvalue weighted by atomic mass is 35.5. The molecule has 0 saturated heterocycles. The van der Waals surface area contributed by atoms with Gasteiger partial charge in [0.25, 0.3) is 11.8 Å². The van der Waals surface area contributed by atoms with Crippen molar-refractivity contribution in [2.45, 2.75) is 13.5 Å². The second kappa shape index (κ2) is 8.14. The zero-order valence-electron chi connectivity index (χ0n) is 15.4. The molecule has 1 heterocycles. The molecule has 1 aromatic heterocycles. The first-order valence-corrected chi connectivity index (χ1v) is 8.84. The van der Waals surface area contributed by atoms with E-state index in [2.05, 4.69) is 10.4 Å². The van der Waals surface area contributed by atoms with Gasteiger partial charge in [0.05, 0.1) is 16.9 Å². The van der Waals surface area contributed by atoms with Crippen LogP contribution >= 0.6 is 11.6 Å². The molecule has 2 amide bonds. The minimum atomic E-state index is -0.674. The molecule has 0 bridgehead atoms. The van der Waals surface area contributed by atoms with Crippen LogP contribution in [0.2, 0.25) is 5.02 Å². The summed E-state index contributed by atoms with van der Waals surface area (Å²) in [6.45, 7) is 2.21. The molecule has 8 heteroatoms. The van der Waals surface area contributed by atoms with Crippen molar-refractivity contribution >= 4 is 29.1 Å². The molecule has 3 aromatic rings. The van der Waals surface area contributed by atoms with Gasteiger partial charge in [0.2, 0.25) is 0 Å². The summed E-state index contributed by atoms with van der Waals surface area (Å²) in [6.07, 6.45) is 1.38. The van der Waals surface area contributed by atoms with Gasteiger partial charge in [0, 0.05) is 12.6 Å². The first-order chi connectivity index (χ1) is 13.3. The zero-order chi connectivity index (χ0) is 20.3. The van der Waals surface area contributed by atoms with Crippen molar-refractivity contribution in [2.24, 2.45) is 12.8 Å². The van der Waals surface area contributed by atoms with E-state index in [-0.39, 0.29) is 23.9 Å². The van der Waals surface area contributed by atoms with E-state index in [1.807, 2.05) is 25.1 Å². The fourth-order valence-electron chi connectivity index (χ4n) is 2.70. The SMILES string of the molecule is Cc1ccc(Cl)c(OCc2cccc(C(=O)Nc3cnn(C)c3C(N)=O)c2)c1. The second-order valence-electron chi connectivity index (χ2n) is 6.27. The van der Waals surface area contributed by atoms with Crippen LogP contribution in [-0.2, 0) is 13.7 Å². The lowest BCUT2D eigenvalue weighted by Crippen LogP contribution is -2.20. The van der Waals surface area contributed by atoms with Gasteiger partial charge in [-0.1, -0.05) is 29.8 Å². The number of halogens is 1. The van der Waals surface area contributed by atoms with Gasteiger partial charge in [-0.2, -0.15) is 5.10 Å². The van der Waals surface area contributed by atoms with Crippen LogP contribution in [0.15, 0.2) is 48.7 Å². The van der Waals surface area contributed by atoms with Gasteiger partial charge in [-0.3, -0.25) is 14.3 Å². The highest BCUT2D eigenvalue weighted by Crippen LogP contribution is 2.26. The Hall–Kier alpha value is -3.32. The van der Waals surface area contributed by atoms with Crippen LogP contribution in [0.1, 0.15) is 32.0 Å². The number of nitrogens with one attached hydrogen (secondary N) is 1. The molecule has 28 heavy (non-hydrogen) atoms. The molecule has 0 atom stereocenters. The smallest absolute Gasteiger partial charge is 0.269 e. The van der Waals surface area contributed by atoms with Crippen LogP contribution in [0.3, 0.4) is 0 Å². The molecule has 0 aliphatic carbocycles. The number of anilines is 1. The Bertz CT molecular complexity index is 1050. The van der Waals surface area contributed by atoms with Gasteiger partial charge in [-0.25, -0.2) is 0 Å². The Morgan fingerprint density at radius 3 is 2.79 bits per heavy atom. The summed E-state index contributed by atoms with van der Waals surface area (Å²) in [4.78, 5) is 24.1. The molecule has 0 spiro atoms. The number of nitrogens with two attached hydrogens (primary N) is 1. The number of aromatic nitrogens is 2. The van der Waals surface area contributed by atoms with Crippen LogP contribution in [0.25, 0.3) is 0 Å². The molecule has 7 nitrogen and oxygen atoms in total. The topological polar surface area (TPSA) is 99.2 Å². The van der Waals surface area contributed by atoms with Crippen LogP contribution in [0, 0.1) is 6.92 Å². The minimum Gasteiger partial charge on any atom is -0.487 e. The molecule has 0 aliphatic rings. The Morgan fingerprint density at radius 2 is 2.04 bits per heavy atom. The largest absolute Gasteiger partial charge is 0.487 e. The molecule has 0 fully saturated rings. The van der Waals surface area contributed by atoms with E-state index in [0.717, 1.165) is 11.1 Å². The molecular formula is C20H19ClN4O3. The maximum atomic E-state index is 12.6. The monoisotopic (exact) mass is 398 g/mol. The zero-order valence-corrected chi connectivity index (χ0v) is 16.2. The fourth-order valence-corrected chi connectivity index (χ4v) is 2.87. The van der Waals surface area contributed by atoms with Gasteiger partial charge in [-0.05, 0) is 42.3 Å². The van der Waals surface area contributed by atoms with Crippen molar-refractivity contribution in [1.29, 1.82) is 0 Å². The summed E-state index contributed by atoms with van der Waals surface area (Å²) in [6, 6.07) is 12.5. The Morgan fingerprint density at radius 1 is 1.25 bits per heavy atom. The number of carbonyl (C=O) groups is 2. The standard InChI is InChI=1S/C20H19ClN4O3/c1-12-6-7-15(21)17(8-12)28-11-13-4-3-5-14(9-13)20(27)24-16-10-23-25(2)18(16)19(22)26/h3-10H,11H2,1-2H3,(H2,22,26)(H,24,27). The number of hydrogen-bond donors (Lipinski definition) is 2. The summed E-state index contributed by atoms with van der Waals surface area (Å²) in [5.41, 5.74) is 7.97. The van der Waals surface area contributed by atoms with Crippen LogP contribution in [0.4, 0.5) is 5.69 Å². The Balaban J connectivity index is 1.73. The summed E-state index contributed by atoms with van der Waals surface area (Å²) >= 11 is 6.14. The predicted molar refractivity (Wildman–Crippen MR) is 107 cm³/mol. The van der Waals surface area contributed by atoms with E-state index in [1.165, 1.54) is 10.9 Å². The van der Waals surface area contributed by atoms with Crippen molar-refractivity contribution in [3.8, 4) is 5.75 Å². The molecular weight excluding hydrogens is 380 g/mol. The highest BCUT2D eigenvalue weighted by Gasteiger charge is 2.17. The van der Waals surface area contributed by atoms with Crippen molar-refractivity contribution < 1.29 is 14.3 Å². The average molecular weight is 399 g/mol.